The molecule has 27 heavy (non-hydrogen) atoms. The van der Waals surface area contributed by atoms with Crippen LogP contribution in [0.25, 0.3) is 0 Å². The number of pyridine rings is 1. The third-order valence-corrected chi connectivity index (χ3v) is 4.26. The first-order chi connectivity index (χ1) is 13.1. The number of carbonyl (C=O) groups excluding carboxylic acids is 1. The molecule has 0 atom stereocenters. The quantitative estimate of drug-likeness (QED) is 0.492. The molecule has 9 heteroatoms. The highest BCUT2D eigenvalue weighted by Gasteiger charge is 2.15. The van der Waals surface area contributed by atoms with E-state index in [0.29, 0.717) is 16.5 Å². The molecule has 0 saturated heterocycles. The fourth-order valence-corrected chi connectivity index (χ4v) is 2.68. The van der Waals surface area contributed by atoms with Crippen molar-refractivity contribution < 1.29 is 13.9 Å². The molecular formula is C18H14ClFN4O2S. The zero-order valence-electron chi connectivity index (χ0n) is 14.1. The van der Waals surface area contributed by atoms with Gasteiger partial charge in [0.15, 0.2) is 10.9 Å². The van der Waals surface area contributed by atoms with Crippen LogP contribution in [0.3, 0.4) is 0 Å². The molecule has 0 radical (unpaired) electrons. The second kappa shape index (κ2) is 8.79. The second-order valence-corrected chi connectivity index (χ2v) is 6.44. The number of hydrogen-bond acceptors (Lipinski definition) is 6. The van der Waals surface area contributed by atoms with Gasteiger partial charge in [-0.2, -0.15) is 0 Å². The summed E-state index contributed by atoms with van der Waals surface area (Å²) in [5.41, 5.74) is 0.706. The summed E-state index contributed by atoms with van der Waals surface area (Å²) in [4.78, 5) is 24.7. The maximum Gasteiger partial charge on any atom is 0.271 e. The van der Waals surface area contributed by atoms with E-state index in [1.54, 1.807) is 30.7 Å². The molecule has 0 saturated carbocycles. The largest absolute Gasteiger partial charge is 0.439 e. The van der Waals surface area contributed by atoms with E-state index in [2.05, 4.69) is 20.3 Å². The van der Waals surface area contributed by atoms with Gasteiger partial charge in [0.25, 0.3) is 5.91 Å². The highest BCUT2D eigenvalue weighted by molar-refractivity contribution is 7.98. The number of hydrogen-bond donors (Lipinski definition) is 1. The van der Waals surface area contributed by atoms with Gasteiger partial charge < -0.3 is 10.1 Å². The van der Waals surface area contributed by atoms with E-state index >= 15 is 0 Å². The molecule has 0 aliphatic heterocycles. The van der Waals surface area contributed by atoms with Gasteiger partial charge in [-0.1, -0.05) is 35.5 Å². The normalized spacial score (nSPS) is 10.5. The summed E-state index contributed by atoms with van der Waals surface area (Å²) >= 11 is 7.32. The summed E-state index contributed by atoms with van der Waals surface area (Å²) in [5, 5.41) is 3.33. The zero-order valence-corrected chi connectivity index (χ0v) is 15.7. The Morgan fingerprint density at radius 3 is 2.93 bits per heavy atom. The predicted molar refractivity (Wildman–Crippen MR) is 101 cm³/mol. The average Bonchev–Trinajstić information content (AvgIpc) is 2.67. The fraction of sp³-hybridized carbons (Fsp3) is 0.111. The predicted octanol–water partition coefficient (Wildman–Crippen LogP) is 4.11. The molecule has 138 valence electrons. The fourth-order valence-electron chi connectivity index (χ4n) is 2.16. The van der Waals surface area contributed by atoms with Crippen molar-refractivity contribution in [2.75, 3.05) is 6.26 Å². The van der Waals surface area contributed by atoms with Gasteiger partial charge in [-0.05, 0) is 24.5 Å². The van der Waals surface area contributed by atoms with Crippen molar-refractivity contribution in [1.82, 2.24) is 20.3 Å². The number of aromatic nitrogens is 3. The van der Waals surface area contributed by atoms with Gasteiger partial charge in [-0.15, -0.1) is 0 Å². The number of halogens is 2. The summed E-state index contributed by atoms with van der Waals surface area (Å²) in [5.74, 6) is -0.286. The minimum absolute atomic E-state index is 0.0903. The molecule has 6 nitrogen and oxygen atoms in total. The molecule has 0 aliphatic rings. The van der Waals surface area contributed by atoms with E-state index in [0.717, 1.165) is 0 Å². The van der Waals surface area contributed by atoms with Crippen LogP contribution in [0, 0.1) is 5.82 Å². The van der Waals surface area contributed by atoms with E-state index < -0.39 is 11.7 Å². The number of nitrogens with one attached hydrogen (secondary N) is 1. The van der Waals surface area contributed by atoms with E-state index in [-0.39, 0.29) is 23.1 Å². The van der Waals surface area contributed by atoms with Gasteiger partial charge >= 0.3 is 0 Å². The number of ether oxygens (including phenoxy) is 1. The van der Waals surface area contributed by atoms with Crippen LogP contribution in [0.15, 0.2) is 53.9 Å². The van der Waals surface area contributed by atoms with Crippen molar-refractivity contribution in [1.29, 1.82) is 0 Å². The molecule has 0 aliphatic carbocycles. The average molecular weight is 405 g/mol. The van der Waals surface area contributed by atoms with Crippen molar-refractivity contribution in [3.8, 4) is 11.6 Å². The Bertz CT molecular complexity index is 974. The Hall–Kier alpha value is -2.71. The lowest BCUT2D eigenvalue weighted by Crippen LogP contribution is -2.25. The van der Waals surface area contributed by atoms with Crippen LogP contribution in [0.2, 0.25) is 5.02 Å². The maximum atomic E-state index is 13.3. The van der Waals surface area contributed by atoms with E-state index in [9.17, 15) is 9.18 Å². The van der Waals surface area contributed by atoms with Crippen LogP contribution in [-0.2, 0) is 6.54 Å². The molecule has 1 N–H and O–H groups in total. The lowest BCUT2D eigenvalue weighted by molar-refractivity contribution is 0.0945. The molecule has 0 fully saturated rings. The van der Waals surface area contributed by atoms with Crippen molar-refractivity contribution in [3.63, 3.8) is 0 Å². The molecule has 0 unspecified atom stereocenters. The number of rotatable bonds is 6. The zero-order chi connectivity index (χ0) is 19.2. The third-order valence-electron chi connectivity index (χ3n) is 3.42. The maximum absolute atomic E-state index is 13.3. The first-order valence-electron chi connectivity index (χ1n) is 7.79. The van der Waals surface area contributed by atoms with Gasteiger partial charge in [0.05, 0.1) is 11.2 Å². The summed E-state index contributed by atoms with van der Waals surface area (Å²) in [6.07, 6.45) is 4.74. The third kappa shape index (κ3) is 4.93. The monoisotopic (exact) mass is 404 g/mol. The summed E-state index contributed by atoms with van der Waals surface area (Å²) < 4.78 is 19.0. The molecular weight excluding hydrogens is 391 g/mol. The summed E-state index contributed by atoms with van der Waals surface area (Å²) in [6, 6.07) is 9.18. The van der Waals surface area contributed by atoms with Gasteiger partial charge in [0.1, 0.15) is 11.6 Å². The summed E-state index contributed by atoms with van der Waals surface area (Å²) in [6.45, 7) is 0.131. The van der Waals surface area contributed by atoms with E-state index in [4.69, 9.17) is 16.3 Å². The molecule has 1 aromatic carbocycles. The Balaban J connectivity index is 1.74. The van der Waals surface area contributed by atoms with Gasteiger partial charge in [-0.25, -0.2) is 19.3 Å². The number of amides is 1. The van der Waals surface area contributed by atoms with E-state index in [1.165, 1.54) is 36.2 Å². The van der Waals surface area contributed by atoms with Crippen molar-refractivity contribution in [3.05, 3.63) is 70.9 Å². The molecule has 2 heterocycles. The summed E-state index contributed by atoms with van der Waals surface area (Å²) in [7, 11) is 0. The standard InChI is InChI=1S/C18H14ClFN4O2S/c1-27-18-23-10-14(19)15(24-18)16(25)22-9-11-4-3-7-21-17(11)26-13-6-2-5-12(20)8-13/h2-8,10H,9H2,1H3,(H,22,25). The van der Waals surface area contributed by atoms with Crippen LogP contribution in [0.5, 0.6) is 11.6 Å². The van der Waals surface area contributed by atoms with Crippen molar-refractivity contribution in [2.24, 2.45) is 0 Å². The van der Waals surface area contributed by atoms with Crippen molar-refractivity contribution >= 4 is 29.3 Å². The number of benzene rings is 1. The van der Waals surface area contributed by atoms with E-state index in [1.807, 2.05) is 0 Å². The minimum Gasteiger partial charge on any atom is -0.439 e. The number of thioether (sulfide) groups is 1. The molecule has 1 amide bonds. The van der Waals surface area contributed by atoms with Crippen LogP contribution < -0.4 is 10.1 Å². The SMILES string of the molecule is CSc1ncc(Cl)c(C(=O)NCc2cccnc2Oc2cccc(F)c2)n1. The lowest BCUT2D eigenvalue weighted by atomic mass is 10.2. The lowest BCUT2D eigenvalue weighted by Gasteiger charge is -2.11. The highest BCUT2D eigenvalue weighted by Crippen LogP contribution is 2.23. The first kappa shape index (κ1) is 19.1. The number of nitrogens with zero attached hydrogens (tertiary/aromatic N) is 3. The van der Waals surface area contributed by atoms with Crippen LogP contribution in [0.1, 0.15) is 16.1 Å². The Morgan fingerprint density at radius 2 is 2.15 bits per heavy atom. The Morgan fingerprint density at radius 1 is 1.30 bits per heavy atom. The van der Waals surface area contributed by atoms with Gasteiger partial charge in [0.2, 0.25) is 5.88 Å². The van der Waals surface area contributed by atoms with Crippen LogP contribution in [0.4, 0.5) is 4.39 Å². The molecule has 0 bridgehead atoms. The minimum atomic E-state index is -0.446. The highest BCUT2D eigenvalue weighted by atomic mass is 35.5. The van der Waals surface area contributed by atoms with Crippen LogP contribution >= 0.6 is 23.4 Å². The van der Waals surface area contributed by atoms with Crippen molar-refractivity contribution in [2.45, 2.75) is 11.7 Å². The molecule has 3 rings (SSSR count). The molecule has 3 aromatic rings. The van der Waals surface area contributed by atoms with Gasteiger partial charge in [0, 0.05) is 24.4 Å². The van der Waals surface area contributed by atoms with Gasteiger partial charge in [-0.3, -0.25) is 4.79 Å². The second-order valence-electron chi connectivity index (χ2n) is 5.26. The first-order valence-corrected chi connectivity index (χ1v) is 9.39. The Kier molecular flexibility index (Phi) is 6.20. The van der Waals surface area contributed by atoms with Crippen LogP contribution in [-0.4, -0.2) is 27.1 Å². The number of carbonyl (C=O) groups is 1. The molecule has 2 aromatic heterocycles. The smallest absolute Gasteiger partial charge is 0.271 e. The Labute approximate surface area is 164 Å². The topological polar surface area (TPSA) is 77.0 Å². The molecule has 0 spiro atoms.